The Labute approximate surface area is 133 Å². The predicted molar refractivity (Wildman–Crippen MR) is 81.8 cm³/mol. The lowest BCUT2D eigenvalue weighted by molar-refractivity contribution is -0.142. The van der Waals surface area contributed by atoms with Gasteiger partial charge >= 0.3 is 0 Å². The molecule has 0 saturated carbocycles. The number of ether oxygens (including phenoxy) is 2. The lowest BCUT2D eigenvalue weighted by Crippen LogP contribution is -2.51. The first-order chi connectivity index (χ1) is 9.90. The van der Waals surface area contributed by atoms with Gasteiger partial charge in [0, 0.05) is 30.7 Å². The number of methoxy groups -OCH3 is 1. The topological polar surface area (TPSA) is 64.8 Å². The van der Waals surface area contributed by atoms with Crippen molar-refractivity contribution in [2.24, 2.45) is 5.73 Å². The van der Waals surface area contributed by atoms with Crippen LogP contribution in [0, 0.1) is 0 Å². The maximum absolute atomic E-state index is 11.3. The van der Waals surface area contributed by atoms with Crippen molar-refractivity contribution in [2.75, 3.05) is 20.2 Å². The van der Waals surface area contributed by atoms with Crippen molar-refractivity contribution in [1.29, 1.82) is 0 Å². The van der Waals surface area contributed by atoms with Gasteiger partial charge in [0.15, 0.2) is 0 Å². The number of rotatable bonds is 4. The fourth-order valence-corrected chi connectivity index (χ4v) is 2.89. The highest BCUT2D eigenvalue weighted by Gasteiger charge is 2.29. The molecule has 5 nitrogen and oxygen atoms in total. The van der Waals surface area contributed by atoms with Crippen LogP contribution in [0.25, 0.3) is 0 Å². The number of nitrogens with zero attached hydrogens (tertiary/aromatic N) is 1. The average Bonchev–Trinajstić information content (AvgIpc) is 2.41. The average molecular weight is 333 g/mol. The van der Waals surface area contributed by atoms with Gasteiger partial charge in [0.25, 0.3) is 0 Å². The molecule has 1 aliphatic rings. The lowest BCUT2D eigenvalue weighted by atomic mass is 10.1. The van der Waals surface area contributed by atoms with Crippen molar-refractivity contribution in [3.8, 4) is 5.75 Å². The van der Waals surface area contributed by atoms with E-state index in [4.69, 9.17) is 38.4 Å². The summed E-state index contributed by atoms with van der Waals surface area (Å²) in [6, 6.07) is 3.47. The molecular formula is C14H18Cl2N2O3. The van der Waals surface area contributed by atoms with Gasteiger partial charge in [-0.2, -0.15) is 0 Å². The molecule has 0 aromatic heterocycles. The smallest absolute Gasteiger partial charge is 0.247 e. The summed E-state index contributed by atoms with van der Waals surface area (Å²) in [5, 5.41) is 1.08. The van der Waals surface area contributed by atoms with E-state index in [9.17, 15) is 4.79 Å². The van der Waals surface area contributed by atoms with E-state index in [-0.39, 0.29) is 6.10 Å². The number of hydrogen-bond acceptors (Lipinski definition) is 4. The molecule has 0 unspecified atom stereocenters. The molecule has 2 atom stereocenters. The predicted octanol–water partition coefficient (Wildman–Crippen LogP) is 2.08. The first-order valence-corrected chi connectivity index (χ1v) is 7.35. The zero-order valence-electron chi connectivity index (χ0n) is 11.9. The molecule has 1 amide bonds. The maximum atomic E-state index is 11.3. The Morgan fingerprint density at radius 3 is 2.76 bits per heavy atom. The highest BCUT2D eigenvalue weighted by molar-refractivity contribution is 6.34. The van der Waals surface area contributed by atoms with Gasteiger partial charge in [0.1, 0.15) is 11.9 Å². The van der Waals surface area contributed by atoms with Crippen LogP contribution >= 0.6 is 23.2 Å². The van der Waals surface area contributed by atoms with Gasteiger partial charge in [-0.1, -0.05) is 23.2 Å². The lowest BCUT2D eigenvalue weighted by Gasteiger charge is -2.35. The zero-order chi connectivity index (χ0) is 15.6. The molecule has 0 radical (unpaired) electrons. The molecule has 1 fully saturated rings. The molecular weight excluding hydrogens is 315 g/mol. The first kappa shape index (κ1) is 16.4. The molecule has 1 aliphatic heterocycles. The molecule has 1 aromatic carbocycles. The van der Waals surface area contributed by atoms with Crippen LogP contribution < -0.4 is 10.5 Å². The number of primary amides is 1. The van der Waals surface area contributed by atoms with E-state index in [0.717, 1.165) is 5.56 Å². The minimum absolute atomic E-state index is 0.0660. The molecule has 0 aliphatic carbocycles. The van der Waals surface area contributed by atoms with Gasteiger partial charge in [-0.3, -0.25) is 9.69 Å². The van der Waals surface area contributed by atoms with Gasteiger partial charge in [0.05, 0.1) is 18.2 Å². The minimum atomic E-state index is -0.596. The third-order valence-electron chi connectivity index (χ3n) is 3.37. The molecule has 116 valence electrons. The second kappa shape index (κ2) is 6.83. The number of morpholine rings is 1. The molecule has 1 saturated heterocycles. The molecule has 1 aromatic rings. The normalized spacial score (nSPS) is 23.0. The van der Waals surface area contributed by atoms with Crippen LogP contribution in [0.15, 0.2) is 12.1 Å². The van der Waals surface area contributed by atoms with Crippen LogP contribution in [0.1, 0.15) is 12.5 Å². The number of carbonyl (C=O) groups is 1. The SMILES string of the molecule is COc1cc(Cl)c(CN2C[C@@H](C)O[C@@H](C(N)=O)C2)cc1Cl. The number of halogens is 2. The summed E-state index contributed by atoms with van der Waals surface area (Å²) in [4.78, 5) is 13.4. The fraction of sp³-hybridized carbons (Fsp3) is 0.500. The quantitative estimate of drug-likeness (QED) is 0.916. The summed E-state index contributed by atoms with van der Waals surface area (Å²) in [7, 11) is 1.54. The van der Waals surface area contributed by atoms with E-state index in [2.05, 4.69) is 4.90 Å². The summed E-state index contributed by atoms with van der Waals surface area (Å²) in [6.45, 7) is 3.62. The van der Waals surface area contributed by atoms with E-state index < -0.39 is 12.0 Å². The van der Waals surface area contributed by atoms with Gasteiger partial charge in [-0.15, -0.1) is 0 Å². The summed E-state index contributed by atoms with van der Waals surface area (Å²) in [5.41, 5.74) is 6.20. The van der Waals surface area contributed by atoms with Crippen molar-refractivity contribution in [2.45, 2.75) is 25.7 Å². The highest BCUT2D eigenvalue weighted by Crippen LogP contribution is 2.32. The summed E-state index contributed by atoms with van der Waals surface area (Å²) >= 11 is 12.4. The van der Waals surface area contributed by atoms with Crippen molar-refractivity contribution >= 4 is 29.1 Å². The minimum Gasteiger partial charge on any atom is -0.495 e. The molecule has 2 rings (SSSR count). The van der Waals surface area contributed by atoms with Gasteiger partial charge in [0.2, 0.25) is 5.91 Å². The first-order valence-electron chi connectivity index (χ1n) is 6.59. The Balaban J connectivity index is 2.14. The van der Waals surface area contributed by atoms with Gasteiger partial charge in [-0.05, 0) is 18.6 Å². The monoisotopic (exact) mass is 332 g/mol. The Hall–Kier alpha value is -1.01. The van der Waals surface area contributed by atoms with E-state index >= 15 is 0 Å². The zero-order valence-corrected chi connectivity index (χ0v) is 13.4. The Morgan fingerprint density at radius 2 is 2.14 bits per heavy atom. The molecule has 2 N–H and O–H groups in total. The summed E-state index contributed by atoms with van der Waals surface area (Å²) in [6.07, 6.45) is -0.662. The van der Waals surface area contributed by atoms with Crippen molar-refractivity contribution in [3.63, 3.8) is 0 Å². The van der Waals surface area contributed by atoms with Gasteiger partial charge < -0.3 is 15.2 Å². The number of amides is 1. The molecule has 0 bridgehead atoms. The second-order valence-electron chi connectivity index (χ2n) is 5.11. The summed E-state index contributed by atoms with van der Waals surface area (Å²) < 4.78 is 10.6. The van der Waals surface area contributed by atoms with Crippen LogP contribution in [-0.4, -0.2) is 43.2 Å². The molecule has 1 heterocycles. The molecule has 21 heavy (non-hydrogen) atoms. The fourth-order valence-electron chi connectivity index (χ4n) is 2.41. The number of nitrogens with two attached hydrogens (primary N) is 1. The Kier molecular flexibility index (Phi) is 5.32. The standard InChI is InChI=1S/C14H18Cl2N2O3/c1-8-5-18(7-13(21-8)14(17)19)6-9-3-11(16)12(20-2)4-10(9)15/h3-4,8,13H,5-7H2,1-2H3,(H2,17,19)/t8-,13-/m1/s1. The van der Waals surface area contributed by atoms with Crippen LogP contribution in [0.5, 0.6) is 5.75 Å². The Bertz CT molecular complexity index is 539. The molecule has 7 heteroatoms. The van der Waals surface area contributed by atoms with Crippen molar-refractivity contribution in [1.82, 2.24) is 4.90 Å². The number of carbonyl (C=O) groups excluding carboxylic acids is 1. The van der Waals surface area contributed by atoms with E-state index in [1.165, 1.54) is 0 Å². The second-order valence-corrected chi connectivity index (χ2v) is 5.92. The van der Waals surface area contributed by atoms with E-state index in [1.807, 2.05) is 6.92 Å². The Morgan fingerprint density at radius 1 is 1.43 bits per heavy atom. The van der Waals surface area contributed by atoms with E-state index in [1.54, 1.807) is 19.2 Å². The third-order valence-corrected chi connectivity index (χ3v) is 4.02. The van der Waals surface area contributed by atoms with Crippen molar-refractivity contribution < 1.29 is 14.3 Å². The summed E-state index contributed by atoms with van der Waals surface area (Å²) in [5.74, 6) is 0.0844. The number of hydrogen-bond donors (Lipinski definition) is 1. The van der Waals surface area contributed by atoms with Gasteiger partial charge in [-0.25, -0.2) is 0 Å². The number of benzene rings is 1. The van der Waals surface area contributed by atoms with Crippen LogP contribution in [0.3, 0.4) is 0 Å². The van der Waals surface area contributed by atoms with E-state index in [0.29, 0.717) is 35.4 Å². The highest BCUT2D eigenvalue weighted by atomic mass is 35.5. The van der Waals surface area contributed by atoms with Crippen LogP contribution in [0.2, 0.25) is 10.0 Å². The van der Waals surface area contributed by atoms with Crippen LogP contribution in [0.4, 0.5) is 0 Å². The third kappa shape index (κ3) is 4.01. The maximum Gasteiger partial charge on any atom is 0.247 e. The van der Waals surface area contributed by atoms with Crippen molar-refractivity contribution in [3.05, 3.63) is 27.7 Å². The molecule has 0 spiro atoms. The largest absolute Gasteiger partial charge is 0.495 e. The van der Waals surface area contributed by atoms with Crippen LogP contribution in [-0.2, 0) is 16.1 Å².